The predicted molar refractivity (Wildman–Crippen MR) is 81.6 cm³/mol. The van der Waals surface area contributed by atoms with E-state index in [-0.39, 0.29) is 6.04 Å². The zero-order valence-electron chi connectivity index (χ0n) is 12.3. The Hall–Kier alpha value is -1.94. The van der Waals surface area contributed by atoms with E-state index in [4.69, 9.17) is 5.73 Å². The summed E-state index contributed by atoms with van der Waals surface area (Å²) in [6.45, 7) is 5.35. The highest BCUT2D eigenvalue weighted by Crippen LogP contribution is 2.18. The summed E-state index contributed by atoms with van der Waals surface area (Å²) in [6, 6.07) is 12.0. The number of nitrogen functional groups attached to an aromatic ring is 1. The lowest BCUT2D eigenvalue weighted by Gasteiger charge is -2.27. The highest BCUT2D eigenvalue weighted by molar-refractivity contribution is 5.46. The molecule has 0 heterocycles. The van der Waals surface area contributed by atoms with E-state index in [0.717, 1.165) is 16.8 Å². The SMILES string of the molecule is CC(C)N(Cc1ccc(F)c(F)c1)Cc1ccccc1N. The van der Waals surface area contributed by atoms with Gasteiger partial charge in [-0.15, -0.1) is 0 Å². The van der Waals surface area contributed by atoms with Crippen LogP contribution in [0.2, 0.25) is 0 Å². The first-order chi connectivity index (χ1) is 9.97. The van der Waals surface area contributed by atoms with Crippen LogP contribution in [0.4, 0.5) is 14.5 Å². The van der Waals surface area contributed by atoms with Gasteiger partial charge in [0.1, 0.15) is 0 Å². The fourth-order valence-corrected chi connectivity index (χ4v) is 2.19. The largest absolute Gasteiger partial charge is 0.398 e. The molecular formula is C17H20F2N2. The molecule has 0 spiro atoms. The third-order valence-electron chi connectivity index (χ3n) is 3.53. The molecule has 0 aromatic heterocycles. The standard InChI is InChI=1S/C17H20F2N2/c1-12(2)21(11-14-5-3-4-6-17(14)20)10-13-7-8-15(18)16(19)9-13/h3-9,12H,10-11,20H2,1-2H3. The Morgan fingerprint density at radius 2 is 1.71 bits per heavy atom. The Labute approximate surface area is 124 Å². The molecule has 2 N–H and O–H groups in total. The molecule has 2 aromatic carbocycles. The maximum absolute atomic E-state index is 13.3. The van der Waals surface area contributed by atoms with Crippen LogP contribution in [0.25, 0.3) is 0 Å². The fourth-order valence-electron chi connectivity index (χ4n) is 2.19. The Kier molecular flexibility index (Phi) is 4.91. The second kappa shape index (κ2) is 6.68. The molecule has 0 saturated heterocycles. The van der Waals surface area contributed by atoms with Gasteiger partial charge in [0.05, 0.1) is 0 Å². The molecule has 0 aliphatic carbocycles. The summed E-state index contributed by atoms with van der Waals surface area (Å²) in [4.78, 5) is 2.17. The zero-order chi connectivity index (χ0) is 15.4. The first-order valence-corrected chi connectivity index (χ1v) is 6.98. The molecule has 0 atom stereocenters. The molecular weight excluding hydrogens is 270 g/mol. The van der Waals surface area contributed by atoms with Crippen molar-refractivity contribution in [1.82, 2.24) is 4.90 Å². The van der Waals surface area contributed by atoms with E-state index in [1.165, 1.54) is 12.1 Å². The summed E-state index contributed by atoms with van der Waals surface area (Å²) in [5.74, 6) is -1.63. The van der Waals surface area contributed by atoms with Crippen molar-refractivity contribution in [3.63, 3.8) is 0 Å². The Morgan fingerprint density at radius 1 is 1.00 bits per heavy atom. The molecule has 2 rings (SSSR count). The molecule has 0 aliphatic rings. The maximum atomic E-state index is 13.3. The van der Waals surface area contributed by atoms with Crippen LogP contribution < -0.4 is 5.73 Å². The van der Waals surface area contributed by atoms with Crippen molar-refractivity contribution in [2.45, 2.75) is 33.0 Å². The number of halogens is 2. The van der Waals surface area contributed by atoms with Crippen LogP contribution in [0.1, 0.15) is 25.0 Å². The van der Waals surface area contributed by atoms with Crippen molar-refractivity contribution in [2.24, 2.45) is 0 Å². The van der Waals surface area contributed by atoms with Crippen LogP contribution in [0.15, 0.2) is 42.5 Å². The Bertz CT molecular complexity index is 611. The topological polar surface area (TPSA) is 29.3 Å². The molecule has 0 amide bonds. The van der Waals surface area contributed by atoms with E-state index < -0.39 is 11.6 Å². The van der Waals surface area contributed by atoms with Crippen LogP contribution in [-0.4, -0.2) is 10.9 Å². The zero-order valence-corrected chi connectivity index (χ0v) is 12.3. The highest BCUT2D eigenvalue weighted by atomic mass is 19.2. The Balaban J connectivity index is 2.16. The quantitative estimate of drug-likeness (QED) is 0.845. The second-order valence-corrected chi connectivity index (χ2v) is 5.45. The molecule has 0 saturated carbocycles. The van der Waals surface area contributed by atoms with Gasteiger partial charge in [0.2, 0.25) is 0 Å². The number of benzene rings is 2. The number of hydrogen-bond donors (Lipinski definition) is 1. The normalized spacial score (nSPS) is 11.3. The smallest absolute Gasteiger partial charge is 0.159 e. The van der Waals surface area contributed by atoms with Crippen molar-refractivity contribution in [3.8, 4) is 0 Å². The molecule has 4 heteroatoms. The van der Waals surface area contributed by atoms with Crippen molar-refractivity contribution in [1.29, 1.82) is 0 Å². The summed E-state index contributed by atoms with van der Waals surface area (Å²) in [7, 11) is 0. The van der Waals surface area contributed by atoms with Crippen molar-refractivity contribution < 1.29 is 8.78 Å². The van der Waals surface area contributed by atoms with E-state index >= 15 is 0 Å². The van der Waals surface area contributed by atoms with Crippen LogP contribution in [0.3, 0.4) is 0 Å². The number of rotatable bonds is 5. The van der Waals surface area contributed by atoms with Gasteiger partial charge in [-0.25, -0.2) is 8.78 Å². The lowest BCUT2D eigenvalue weighted by molar-refractivity contribution is 0.203. The molecule has 2 aromatic rings. The number of nitrogens with two attached hydrogens (primary N) is 1. The van der Waals surface area contributed by atoms with Crippen LogP contribution >= 0.6 is 0 Å². The first kappa shape index (κ1) is 15.4. The van der Waals surface area contributed by atoms with Crippen molar-refractivity contribution in [2.75, 3.05) is 5.73 Å². The average molecular weight is 290 g/mol. The van der Waals surface area contributed by atoms with Gasteiger partial charge in [-0.3, -0.25) is 4.90 Å². The summed E-state index contributed by atoms with van der Waals surface area (Å²) >= 11 is 0. The molecule has 2 nitrogen and oxygen atoms in total. The number of hydrogen-bond acceptors (Lipinski definition) is 2. The average Bonchev–Trinajstić information content (AvgIpc) is 2.44. The number of anilines is 1. The molecule has 0 bridgehead atoms. The van der Waals surface area contributed by atoms with E-state index in [0.29, 0.717) is 13.1 Å². The van der Waals surface area contributed by atoms with E-state index in [9.17, 15) is 8.78 Å². The van der Waals surface area contributed by atoms with Gasteiger partial charge in [-0.2, -0.15) is 0 Å². The number of para-hydroxylation sites is 1. The minimum Gasteiger partial charge on any atom is -0.398 e. The molecule has 21 heavy (non-hydrogen) atoms. The van der Waals surface area contributed by atoms with Gasteiger partial charge < -0.3 is 5.73 Å². The van der Waals surface area contributed by atoms with Gasteiger partial charge in [-0.1, -0.05) is 24.3 Å². The maximum Gasteiger partial charge on any atom is 0.159 e. The molecule has 112 valence electrons. The third-order valence-corrected chi connectivity index (χ3v) is 3.53. The Morgan fingerprint density at radius 3 is 2.33 bits per heavy atom. The van der Waals surface area contributed by atoms with Crippen molar-refractivity contribution in [3.05, 3.63) is 65.2 Å². The minimum absolute atomic E-state index is 0.262. The monoisotopic (exact) mass is 290 g/mol. The van der Waals surface area contributed by atoms with Crippen LogP contribution in [0.5, 0.6) is 0 Å². The summed E-state index contributed by atoms with van der Waals surface area (Å²) in [6.07, 6.45) is 0. The molecule has 0 aliphatic heterocycles. The molecule has 0 fully saturated rings. The summed E-state index contributed by atoms with van der Waals surface area (Å²) in [5, 5.41) is 0. The fraction of sp³-hybridized carbons (Fsp3) is 0.294. The minimum atomic E-state index is -0.817. The van der Waals surface area contributed by atoms with Gasteiger partial charge in [0.15, 0.2) is 11.6 Å². The summed E-state index contributed by atoms with van der Waals surface area (Å²) in [5.41, 5.74) is 8.50. The van der Waals surface area contributed by atoms with Crippen molar-refractivity contribution >= 4 is 5.69 Å². The lowest BCUT2D eigenvalue weighted by Crippen LogP contribution is -2.30. The van der Waals surface area contributed by atoms with E-state index in [1.54, 1.807) is 6.07 Å². The van der Waals surface area contributed by atoms with Gasteiger partial charge in [-0.05, 0) is 43.2 Å². The third kappa shape index (κ3) is 4.02. The van der Waals surface area contributed by atoms with Crippen LogP contribution in [-0.2, 0) is 13.1 Å². The highest BCUT2D eigenvalue weighted by Gasteiger charge is 2.13. The van der Waals surface area contributed by atoms with Gasteiger partial charge >= 0.3 is 0 Å². The molecule has 0 unspecified atom stereocenters. The van der Waals surface area contributed by atoms with E-state index in [2.05, 4.69) is 18.7 Å². The van der Waals surface area contributed by atoms with Crippen LogP contribution in [0, 0.1) is 11.6 Å². The first-order valence-electron chi connectivity index (χ1n) is 6.98. The lowest BCUT2D eigenvalue weighted by atomic mass is 10.1. The second-order valence-electron chi connectivity index (χ2n) is 5.45. The van der Waals surface area contributed by atoms with E-state index in [1.807, 2.05) is 24.3 Å². The number of nitrogens with zero attached hydrogens (tertiary/aromatic N) is 1. The predicted octanol–water partition coefficient (Wildman–Crippen LogP) is 3.96. The van der Waals surface area contributed by atoms with Gasteiger partial charge in [0, 0.05) is 24.8 Å². The van der Waals surface area contributed by atoms with Gasteiger partial charge in [0.25, 0.3) is 0 Å². The molecule has 0 radical (unpaired) electrons. The summed E-state index contributed by atoms with van der Waals surface area (Å²) < 4.78 is 26.3.